The van der Waals surface area contributed by atoms with Gasteiger partial charge in [-0.3, -0.25) is 0 Å². The maximum Gasteiger partial charge on any atom is 0.335 e. The zero-order valence-electron chi connectivity index (χ0n) is 13.7. The van der Waals surface area contributed by atoms with Crippen LogP contribution in [0.5, 0.6) is 0 Å². The number of nitrogens with zero attached hydrogens (tertiary/aromatic N) is 3. The Bertz CT molecular complexity index is 933. The smallest absolute Gasteiger partial charge is 0.335 e. The molecular formula is C18H17N3O2S2. The second-order valence-corrected chi connectivity index (χ2v) is 7.32. The zero-order chi connectivity index (χ0) is 18.0. The van der Waals surface area contributed by atoms with Crippen molar-refractivity contribution in [2.24, 2.45) is 4.99 Å². The van der Waals surface area contributed by atoms with Crippen molar-refractivity contribution >= 4 is 52.2 Å². The maximum absolute atomic E-state index is 11.0. The molecule has 1 heterocycles. The van der Waals surface area contributed by atoms with Gasteiger partial charge in [-0.2, -0.15) is 12.6 Å². The van der Waals surface area contributed by atoms with Gasteiger partial charge in [-0.15, -0.1) is 11.3 Å². The fourth-order valence-corrected chi connectivity index (χ4v) is 3.66. The Kier molecular flexibility index (Phi) is 5.06. The van der Waals surface area contributed by atoms with E-state index in [2.05, 4.69) is 22.6 Å². The number of fused-ring (bicyclic) bond motifs is 1. The highest BCUT2D eigenvalue weighted by Gasteiger charge is 2.15. The Labute approximate surface area is 155 Å². The van der Waals surface area contributed by atoms with Crippen LogP contribution < -0.4 is 0 Å². The van der Waals surface area contributed by atoms with E-state index in [1.165, 1.54) is 0 Å². The van der Waals surface area contributed by atoms with E-state index >= 15 is 0 Å². The number of carbonyl (C=O) groups is 1. The summed E-state index contributed by atoms with van der Waals surface area (Å²) in [6.07, 6.45) is 1.76. The highest BCUT2D eigenvalue weighted by Crippen LogP contribution is 2.35. The van der Waals surface area contributed by atoms with E-state index in [9.17, 15) is 4.79 Å². The number of benzene rings is 2. The third-order valence-corrected chi connectivity index (χ3v) is 5.33. The Morgan fingerprint density at radius 3 is 2.64 bits per heavy atom. The minimum atomic E-state index is -0.937. The lowest BCUT2D eigenvalue weighted by molar-refractivity contribution is 0.0697. The predicted molar refractivity (Wildman–Crippen MR) is 106 cm³/mol. The molecule has 0 aliphatic carbocycles. The van der Waals surface area contributed by atoms with Crippen LogP contribution >= 0.6 is 24.0 Å². The Balaban J connectivity index is 1.88. The van der Waals surface area contributed by atoms with E-state index in [1.54, 1.807) is 41.9 Å². The van der Waals surface area contributed by atoms with Gasteiger partial charge in [0.1, 0.15) is 5.01 Å². The number of aliphatic imine (C=N–C) groups is 1. The van der Waals surface area contributed by atoms with Crippen molar-refractivity contribution in [2.45, 2.75) is 5.25 Å². The number of rotatable bonds is 5. The van der Waals surface area contributed by atoms with Gasteiger partial charge in [0.05, 0.1) is 33.1 Å². The van der Waals surface area contributed by atoms with Crippen molar-refractivity contribution in [1.82, 2.24) is 9.88 Å². The molecule has 25 heavy (non-hydrogen) atoms. The first-order valence-electron chi connectivity index (χ1n) is 7.56. The Morgan fingerprint density at radius 2 is 2.00 bits per heavy atom. The average molecular weight is 371 g/mol. The largest absolute Gasteiger partial charge is 0.478 e. The normalized spacial score (nSPS) is 12.6. The molecule has 0 bridgehead atoms. The molecule has 5 nitrogen and oxygen atoms in total. The molecule has 2 aromatic carbocycles. The lowest BCUT2D eigenvalue weighted by Crippen LogP contribution is -2.06. The maximum atomic E-state index is 11.0. The van der Waals surface area contributed by atoms with E-state index in [0.29, 0.717) is 0 Å². The predicted octanol–water partition coefficient (Wildman–Crippen LogP) is 4.24. The first-order chi connectivity index (χ1) is 11.9. The van der Waals surface area contributed by atoms with E-state index in [0.717, 1.165) is 26.5 Å². The van der Waals surface area contributed by atoms with Crippen LogP contribution in [-0.4, -0.2) is 41.4 Å². The van der Waals surface area contributed by atoms with Crippen molar-refractivity contribution < 1.29 is 9.90 Å². The third-order valence-electron chi connectivity index (χ3n) is 3.53. The SMILES string of the molecule is CN(C)/C=N/c1ccc2nc(C(S)c3ccc(C(=O)O)cc3)sc2c1. The van der Waals surface area contributed by atoms with Gasteiger partial charge in [-0.05, 0) is 35.9 Å². The van der Waals surface area contributed by atoms with Crippen LogP contribution in [0, 0.1) is 0 Å². The van der Waals surface area contributed by atoms with Crippen LogP contribution in [0.4, 0.5) is 5.69 Å². The number of thiazole rings is 1. The van der Waals surface area contributed by atoms with Crippen LogP contribution in [0.3, 0.4) is 0 Å². The molecule has 1 aromatic heterocycles. The number of hydrogen-bond donors (Lipinski definition) is 2. The lowest BCUT2D eigenvalue weighted by Gasteiger charge is -2.07. The number of thiol groups is 1. The summed E-state index contributed by atoms with van der Waals surface area (Å²) < 4.78 is 1.05. The molecule has 7 heteroatoms. The minimum Gasteiger partial charge on any atom is -0.478 e. The Morgan fingerprint density at radius 1 is 1.28 bits per heavy atom. The summed E-state index contributed by atoms with van der Waals surface area (Å²) in [4.78, 5) is 21.9. The summed E-state index contributed by atoms with van der Waals surface area (Å²) in [5, 5.41) is 9.66. The summed E-state index contributed by atoms with van der Waals surface area (Å²) in [6, 6.07) is 12.6. The number of hydrogen-bond acceptors (Lipinski definition) is 5. The lowest BCUT2D eigenvalue weighted by atomic mass is 10.1. The van der Waals surface area contributed by atoms with Gasteiger partial charge >= 0.3 is 5.97 Å². The summed E-state index contributed by atoms with van der Waals surface area (Å²) in [7, 11) is 3.85. The summed E-state index contributed by atoms with van der Waals surface area (Å²) in [5.41, 5.74) is 2.96. The van der Waals surface area contributed by atoms with Crippen LogP contribution in [-0.2, 0) is 0 Å². The van der Waals surface area contributed by atoms with Gasteiger partial charge in [0.2, 0.25) is 0 Å². The zero-order valence-corrected chi connectivity index (χ0v) is 15.5. The van der Waals surface area contributed by atoms with Gasteiger partial charge in [0.15, 0.2) is 0 Å². The van der Waals surface area contributed by atoms with Gasteiger partial charge in [0, 0.05) is 14.1 Å². The second kappa shape index (κ2) is 7.25. The number of carboxylic acids is 1. The van der Waals surface area contributed by atoms with Crippen LogP contribution in [0.2, 0.25) is 0 Å². The molecule has 0 aliphatic heterocycles. The molecule has 0 saturated carbocycles. The molecule has 0 amide bonds. The molecular weight excluding hydrogens is 354 g/mol. The number of aromatic carboxylic acids is 1. The van der Waals surface area contributed by atoms with Crippen molar-refractivity contribution in [3.63, 3.8) is 0 Å². The van der Waals surface area contributed by atoms with Gasteiger partial charge in [-0.1, -0.05) is 12.1 Å². The molecule has 3 rings (SSSR count). The highest BCUT2D eigenvalue weighted by atomic mass is 32.1. The minimum absolute atomic E-state index is 0.200. The van der Waals surface area contributed by atoms with Crippen LogP contribution in [0.25, 0.3) is 10.2 Å². The van der Waals surface area contributed by atoms with E-state index < -0.39 is 5.97 Å². The van der Waals surface area contributed by atoms with Gasteiger partial charge < -0.3 is 10.0 Å². The molecule has 1 N–H and O–H groups in total. The molecule has 1 atom stereocenters. The molecule has 0 radical (unpaired) electrons. The molecule has 0 spiro atoms. The van der Waals surface area contributed by atoms with Crippen molar-refractivity contribution in [2.75, 3.05) is 14.1 Å². The third kappa shape index (κ3) is 4.00. The molecule has 1 unspecified atom stereocenters. The van der Waals surface area contributed by atoms with Crippen molar-refractivity contribution in [3.05, 3.63) is 58.6 Å². The summed E-state index contributed by atoms with van der Waals surface area (Å²) in [5.74, 6) is -0.937. The number of aromatic nitrogens is 1. The molecule has 128 valence electrons. The fraction of sp³-hybridized carbons (Fsp3) is 0.167. The topological polar surface area (TPSA) is 65.8 Å². The van der Waals surface area contributed by atoms with Crippen molar-refractivity contribution in [1.29, 1.82) is 0 Å². The number of carboxylic acid groups (broad SMARTS) is 1. The molecule has 0 saturated heterocycles. The fourth-order valence-electron chi connectivity index (χ4n) is 2.26. The van der Waals surface area contributed by atoms with Crippen molar-refractivity contribution in [3.8, 4) is 0 Å². The van der Waals surface area contributed by atoms with E-state index in [1.807, 2.05) is 37.2 Å². The first-order valence-corrected chi connectivity index (χ1v) is 8.90. The summed E-state index contributed by atoms with van der Waals surface area (Å²) in [6.45, 7) is 0. The highest BCUT2D eigenvalue weighted by molar-refractivity contribution is 7.81. The van der Waals surface area contributed by atoms with Gasteiger partial charge in [0.25, 0.3) is 0 Å². The second-order valence-electron chi connectivity index (χ2n) is 5.74. The average Bonchev–Trinajstić information content (AvgIpc) is 3.02. The van der Waals surface area contributed by atoms with E-state index in [4.69, 9.17) is 5.11 Å². The summed E-state index contributed by atoms with van der Waals surface area (Å²) >= 11 is 6.23. The quantitative estimate of drug-likeness (QED) is 0.400. The first kappa shape index (κ1) is 17.4. The monoisotopic (exact) mass is 371 g/mol. The molecule has 0 fully saturated rings. The Hall–Kier alpha value is -2.38. The molecule has 0 aliphatic rings. The van der Waals surface area contributed by atoms with Crippen LogP contribution in [0.15, 0.2) is 47.5 Å². The molecule has 3 aromatic rings. The van der Waals surface area contributed by atoms with Crippen LogP contribution in [0.1, 0.15) is 26.2 Å². The standard InChI is InChI=1S/C18H17N3O2S2/c1-21(2)10-19-13-7-8-14-15(9-13)25-17(20-14)16(24)11-3-5-12(6-4-11)18(22)23/h3-10,16,24H,1-2H3,(H,22,23)/b19-10+. The van der Waals surface area contributed by atoms with E-state index in [-0.39, 0.29) is 10.8 Å². The van der Waals surface area contributed by atoms with Gasteiger partial charge in [-0.25, -0.2) is 14.8 Å².